The largest absolute Gasteiger partial charge is 0.368 e. The van der Waals surface area contributed by atoms with E-state index in [1.165, 1.54) is 5.69 Å². The Balaban J connectivity index is 1.96. The standard InChI is InChI=1S/C15H22ClN3/c1-15(2,3)14(17)19-10-8-18(9-11-19)13-6-4-12(16)5-7-13/h4-7,17H,8-11H2,1-3H3. The summed E-state index contributed by atoms with van der Waals surface area (Å²) in [5.41, 5.74) is 1.15. The first-order valence-electron chi connectivity index (χ1n) is 6.72. The highest BCUT2D eigenvalue weighted by atomic mass is 35.5. The molecule has 0 atom stereocenters. The molecule has 19 heavy (non-hydrogen) atoms. The van der Waals surface area contributed by atoms with Gasteiger partial charge >= 0.3 is 0 Å². The number of amidine groups is 1. The minimum atomic E-state index is -0.0670. The molecule has 2 rings (SSSR count). The average Bonchev–Trinajstić information content (AvgIpc) is 2.38. The molecule has 1 aromatic rings. The first-order chi connectivity index (χ1) is 8.88. The van der Waals surface area contributed by atoms with Gasteiger partial charge in [-0.2, -0.15) is 0 Å². The van der Waals surface area contributed by atoms with Gasteiger partial charge in [-0.05, 0) is 24.3 Å². The summed E-state index contributed by atoms with van der Waals surface area (Å²) in [6.45, 7) is 10.0. The molecule has 0 saturated carbocycles. The van der Waals surface area contributed by atoms with Crippen molar-refractivity contribution in [2.45, 2.75) is 20.8 Å². The molecule has 1 aliphatic rings. The topological polar surface area (TPSA) is 30.3 Å². The van der Waals surface area contributed by atoms with Gasteiger partial charge in [-0.1, -0.05) is 32.4 Å². The van der Waals surface area contributed by atoms with Gasteiger partial charge in [0.25, 0.3) is 0 Å². The van der Waals surface area contributed by atoms with Gasteiger partial charge in [0, 0.05) is 42.3 Å². The second kappa shape index (κ2) is 5.41. The van der Waals surface area contributed by atoms with Crippen LogP contribution in [0.1, 0.15) is 20.8 Å². The number of piperazine rings is 1. The lowest BCUT2D eigenvalue weighted by Crippen LogP contribution is -2.51. The third-order valence-corrected chi connectivity index (χ3v) is 3.75. The van der Waals surface area contributed by atoms with Crippen LogP contribution in [0.3, 0.4) is 0 Å². The van der Waals surface area contributed by atoms with Crippen LogP contribution in [0.5, 0.6) is 0 Å². The van der Waals surface area contributed by atoms with Gasteiger partial charge in [0.2, 0.25) is 0 Å². The quantitative estimate of drug-likeness (QED) is 0.630. The molecular weight excluding hydrogens is 258 g/mol. The molecule has 0 spiro atoms. The number of benzene rings is 1. The molecule has 1 aromatic carbocycles. The van der Waals surface area contributed by atoms with E-state index in [9.17, 15) is 0 Å². The Hall–Kier alpha value is -1.22. The van der Waals surface area contributed by atoms with Crippen molar-refractivity contribution in [2.75, 3.05) is 31.1 Å². The molecule has 0 bridgehead atoms. The summed E-state index contributed by atoms with van der Waals surface area (Å²) in [6, 6.07) is 7.99. The van der Waals surface area contributed by atoms with Crippen LogP contribution < -0.4 is 4.90 Å². The van der Waals surface area contributed by atoms with Crippen LogP contribution in [0.4, 0.5) is 5.69 Å². The number of nitrogens with zero attached hydrogens (tertiary/aromatic N) is 2. The molecule has 0 amide bonds. The zero-order valence-electron chi connectivity index (χ0n) is 11.9. The van der Waals surface area contributed by atoms with Crippen molar-refractivity contribution in [3.63, 3.8) is 0 Å². The lowest BCUT2D eigenvalue weighted by Gasteiger charge is -2.40. The molecule has 1 aliphatic heterocycles. The zero-order valence-corrected chi connectivity index (χ0v) is 12.7. The van der Waals surface area contributed by atoms with Gasteiger partial charge in [0.05, 0.1) is 0 Å². The predicted octanol–water partition coefficient (Wildman–Crippen LogP) is 3.49. The van der Waals surface area contributed by atoms with Gasteiger partial charge in [-0.3, -0.25) is 5.41 Å². The van der Waals surface area contributed by atoms with Crippen molar-refractivity contribution in [3.8, 4) is 0 Å². The van der Waals surface area contributed by atoms with Crippen LogP contribution in [0.15, 0.2) is 24.3 Å². The normalized spacial score (nSPS) is 16.6. The molecule has 104 valence electrons. The second-order valence-corrected chi connectivity index (χ2v) is 6.49. The summed E-state index contributed by atoms with van der Waals surface area (Å²) in [5, 5.41) is 9.00. The zero-order chi connectivity index (χ0) is 14.0. The molecule has 0 unspecified atom stereocenters. The SMILES string of the molecule is CC(C)(C)C(=N)N1CCN(c2ccc(Cl)cc2)CC1. The summed E-state index contributed by atoms with van der Waals surface area (Å²) >= 11 is 5.91. The molecule has 1 N–H and O–H groups in total. The first kappa shape index (κ1) is 14.2. The van der Waals surface area contributed by atoms with Gasteiger partial charge in [0.1, 0.15) is 5.84 Å². The number of nitrogens with one attached hydrogen (secondary N) is 1. The van der Waals surface area contributed by atoms with Gasteiger partial charge in [0.15, 0.2) is 0 Å². The molecule has 0 aromatic heterocycles. The van der Waals surface area contributed by atoms with Crippen LogP contribution in [0, 0.1) is 10.8 Å². The Bertz CT molecular complexity index is 439. The summed E-state index contributed by atoms with van der Waals surface area (Å²) in [5.74, 6) is 0.739. The van der Waals surface area contributed by atoms with E-state index >= 15 is 0 Å². The Morgan fingerprint density at radius 1 is 1.05 bits per heavy atom. The minimum absolute atomic E-state index is 0.0670. The smallest absolute Gasteiger partial charge is 0.101 e. The van der Waals surface area contributed by atoms with E-state index in [0.717, 1.165) is 37.0 Å². The summed E-state index contributed by atoms with van der Waals surface area (Å²) < 4.78 is 0. The van der Waals surface area contributed by atoms with E-state index in [1.54, 1.807) is 0 Å². The third-order valence-electron chi connectivity index (χ3n) is 3.50. The Labute approximate surface area is 120 Å². The van der Waals surface area contributed by atoms with Crippen LogP contribution in [0.25, 0.3) is 0 Å². The van der Waals surface area contributed by atoms with E-state index in [0.29, 0.717) is 0 Å². The maximum atomic E-state index is 8.22. The number of hydrogen-bond acceptors (Lipinski definition) is 2. The van der Waals surface area contributed by atoms with Crippen molar-refractivity contribution in [1.82, 2.24) is 4.90 Å². The third kappa shape index (κ3) is 3.41. The highest BCUT2D eigenvalue weighted by Crippen LogP contribution is 2.22. The Kier molecular flexibility index (Phi) is 4.04. The maximum Gasteiger partial charge on any atom is 0.101 e. The number of hydrogen-bond donors (Lipinski definition) is 1. The Morgan fingerprint density at radius 2 is 1.58 bits per heavy atom. The number of halogens is 1. The highest BCUT2D eigenvalue weighted by Gasteiger charge is 2.26. The van der Waals surface area contributed by atoms with Gasteiger partial charge in [-0.25, -0.2) is 0 Å². The van der Waals surface area contributed by atoms with E-state index in [-0.39, 0.29) is 5.41 Å². The Morgan fingerprint density at radius 3 is 2.05 bits per heavy atom. The van der Waals surface area contributed by atoms with Crippen LogP contribution in [-0.4, -0.2) is 36.9 Å². The molecule has 1 heterocycles. The fourth-order valence-electron chi connectivity index (χ4n) is 2.31. The molecule has 4 heteroatoms. The number of rotatable bonds is 1. The fourth-order valence-corrected chi connectivity index (χ4v) is 2.44. The van der Waals surface area contributed by atoms with Crippen molar-refractivity contribution in [3.05, 3.63) is 29.3 Å². The van der Waals surface area contributed by atoms with E-state index in [1.807, 2.05) is 12.1 Å². The first-order valence-corrected chi connectivity index (χ1v) is 7.10. The van der Waals surface area contributed by atoms with Gasteiger partial charge in [-0.15, -0.1) is 0 Å². The van der Waals surface area contributed by atoms with Gasteiger partial charge < -0.3 is 9.80 Å². The van der Waals surface area contributed by atoms with Crippen molar-refractivity contribution < 1.29 is 0 Å². The summed E-state index contributed by atoms with van der Waals surface area (Å²) in [6.07, 6.45) is 0. The summed E-state index contributed by atoms with van der Waals surface area (Å²) in [7, 11) is 0. The van der Waals surface area contributed by atoms with Crippen LogP contribution in [-0.2, 0) is 0 Å². The van der Waals surface area contributed by atoms with E-state index in [2.05, 4.69) is 42.7 Å². The minimum Gasteiger partial charge on any atom is -0.368 e. The lowest BCUT2D eigenvalue weighted by molar-refractivity contribution is 0.343. The predicted molar refractivity (Wildman–Crippen MR) is 82.4 cm³/mol. The highest BCUT2D eigenvalue weighted by molar-refractivity contribution is 6.30. The molecule has 0 radical (unpaired) electrons. The van der Waals surface area contributed by atoms with Crippen molar-refractivity contribution >= 4 is 23.1 Å². The van der Waals surface area contributed by atoms with Crippen molar-refractivity contribution in [1.29, 1.82) is 5.41 Å². The monoisotopic (exact) mass is 279 g/mol. The van der Waals surface area contributed by atoms with Crippen LogP contribution >= 0.6 is 11.6 Å². The van der Waals surface area contributed by atoms with Crippen LogP contribution in [0.2, 0.25) is 5.02 Å². The second-order valence-electron chi connectivity index (χ2n) is 6.05. The molecule has 3 nitrogen and oxygen atoms in total. The molecule has 1 saturated heterocycles. The average molecular weight is 280 g/mol. The summed E-state index contributed by atoms with van der Waals surface area (Å²) in [4.78, 5) is 4.54. The fraction of sp³-hybridized carbons (Fsp3) is 0.533. The molecule has 1 fully saturated rings. The van der Waals surface area contributed by atoms with E-state index < -0.39 is 0 Å². The molecule has 0 aliphatic carbocycles. The van der Waals surface area contributed by atoms with Crippen molar-refractivity contribution in [2.24, 2.45) is 5.41 Å². The lowest BCUT2D eigenvalue weighted by atomic mass is 9.93. The maximum absolute atomic E-state index is 8.22. The molecular formula is C15H22ClN3. The van der Waals surface area contributed by atoms with E-state index in [4.69, 9.17) is 17.0 Å². The number of anilines is 1.